The van der Waals surface area contributed by atoms with Gasteiger partial charge in [-0.2, -0.15) is 0 Å². The number of aromatic nitrogens is 1. The summed E-state index contributed by atoms with van der Waals surface area (Å²) in [5.41, 5.74) is 3.80. The van der Waals surface area contributed by atoms with Gasteiger partial charge in [0.1, 0.15) is 0 Å². The Morgan fingerprint density at radius 3 is 2.75 bits per heavy atom. The molecule has 0 fully saturated rings. The molecule has 0 amide bonds. The lowest BCUT2D eigenvalue weighted by atomic mass is 10.0. The third kappa shape index (κ3) is 3.46. The Hall–Kier alpha value is -1.15. The summed E-state index contributed by atoms with van der Waals surface area (Å²) in [6, 6.07) is 4.41. The predicted octanol–water partition coefficient (Wildman–Crippen LogP) is 3.26. The first-order valence-electron chi connectivity index (χ1n) is 6.01. The van der Waals surface area contributed by atoms with Gasteiger partial charge in [0.15, 0.2) is 0 Å². The Morgan fingerprint density at radius 1 is 1.44 bits per heavy atom. The third-order valence-electron chi connectivity index (χ3n) is 2.53. The maximum Gasteiger partial charge on any atom is 0.0686 e. The van der Waals surface area contributed by atoms with E-state index in [0.717, 1.165) is 18.7 Å². The van der Waals surface area contributed by atoms with Crippen LogP contribution in [0.5, 0.6) is 0 Å². The topological polar surface area (TPSA) is 24.9 Å². The minimum Gasteiger partial charge on any atom is -0.306 e. The minimum absolute atomic E-state index is 0.242. The average molecular weight is 218 g/mol. The zero-order valence-corrected chi connectivity index (χ0v) is 10.7. The summed E-state index contributed by atoms with van der Waals surface area (Å²) in [6.07, 6.45) is 5.14. The number of aryl methyl sites for hydroxylation is 1. The second-order valence-electron chi connectivity index (χ2n) is 4.18. The second kappa shape index (κ2) is 6.44. The zero-order chi connectivity index (χ0) is 12.0. The molecule has 0 aliphatic rings. The molecular formula is C14H22N2. The van der Waals surface area contributed by atoms with Crippen molar-refractivity contribution in [2.45, 2.75) is 40.2 Å². The largest absolute Gasteiger partial charge is 0.306 e. The summed E-state index contributed by atoms with van der Waals surface area (Å²) in [5.74, 6) is 0. The van der Waals surface area contributed by atoms with Crippen LogP contribution in [0.4, 0.5) is 0 Å². The number of allylic oxidation sites excluding steroid dienone is 1. The molecule has 1 aromatic heterocycles. The highest BCUT2D eigenvalue weighted by atomic mass is 14.9. The Kier molecular flexibility index (Phi) is 5.20. The zero-order valence-electron chi connectivity index (χ0n) is 10.7. The van der Waals surface area contributed by atoms with E-state index in [1.165, 1.54) is 11.1 Å². The standard InChI is InChI=1S/C14H22N2/c1-5-12-8-7-9-16-14(12)13(15-6-2)10-11(3)4/h7-10,13,15H,5-6H2,1-4H3. The third-order valence-corrected chi connectivity index (χ3v) is 2.53. The molecule has 0 radical (unpaired) electrons. The van der Waals surface area contributed by atoms with Crippen LogP contribution in [-0.2, 0) is 6.42 Å². The first kappa shape index (κ1) is 12.9. The van der Waals surface area contributed by atoms with Crippen molar-refractivity contribution < 1.29 is 0 Å². The normalized spacial score (nSPS) is 12.2. The molecule has 1 unspecified atom stereocenters. The van der Waals surface area contributed by atoms with Crippen molar-refractivity contribution in [1.29, 1.82) is 0 Å². The molecule has 0 aliphatic heterocycles. The lowest BCUT2D eigenvalue weighted by Gasteiger charge is -2.17. The molecule has 1 aromatic rings. The Labute approximate surface area is 98.8 Å². The molecule has 0 bridgehead atoms. The molecule has 2 nitrogen and oxygen atoms in total. The molecule has 1 N–H and O–H groups in total. The molecular weight excluding hydrogens is 196 g/mol. The average Bonchev–Trinajstić information content (AvgIpc) is 2.28. The van der Waals surface area contributed by atoms with Crippen LogP contribution in [0.1, 0.15) is 45.0 Å². The smallest absolute Gasteiger partial charge is 0.0686 e. The number of nitrogens with one attached hydrogen (secondary N) is 1. The SMILES string of the molecule is CCNC(C=C(C)C)c1ncccc1CC. The van der Waals surface area contributed by atoms with E-state index in [4.69, 9.17) is 0 Å². The molecule has 0 saturated heterocycles. The first-order valence-corrected chi connectivity index (χ1v) is 6.01. The van der Waals surface area contributed by atoms with Crippen molar-refractivity contribution in [3.63, 3.8) is 0 Å². The van der Waals surface area contributed by atoms with Gasteiger partial charge < -0.3 is 5.32 Å². The van der Waals surface area contributed by atoms with Crippen molar-refractivity contribution >= 4 is 0 Å². The number of likely N-dealkylation sites (N-methyl/N-ethyl adjacent to an activating group) is 1. The number of rotatable bonds is 5. The molecule has 88 valence electrons. The molecule has 0 saturated carbocycles. The fourth-order valence-electron chi connectivity index (χ4n) is 1.82. The maximum atomic E-state index is 4.51. The van der Waals surface area contributed by atoms with Crippen molar-refractivity contribution in [3.8, 4) is 0 Å². The van der Waals surface area contributed by atoms with Crippen LogP contribution in [0.15, 0.2) is 30.0 Å². The van der Waals surface area contributed by atoms with Crippen LogP contribution in [-0.4, -0.2) is 11.5 Å². The number of pyridine rings is 1. The maximum absolute atomic E-state index is 4.51. The summed E-state index contributed by atoms with van der Waals surface area (Å²) in [4.78, 5) is 4.51. The lowest BCUT2D eigenvalue weighted by Crippen LogP contribution is -2.21. The van der Waals surface area contributed by atoms with Crippen molar-refractivity contribution in [1.82, 2.24) is 10.3 Å². The minimum atomic E-state index is 0.242. The van der Waals surface area contributed by atoms with E-state index in [1.807, 2.05) is 12.3 Å². The van der Waals surface area contributed by atoms with Crippen molar-refractivity contribution in [3.05, 3.63) is 41.2 Å². The van der Waals surface area contributed by atoms with Crippen LogP contribution in [0.2, 0.25) is 0 Å². The van der Waals surface area contributed by atoms with Gasteiger partial charge in [-0.3, -0.25) is 4.98 Å². The molecule has 2 heteroatoms. The van der Waals surface area contributed by atoms with Gasteiger partial charge in [0.25, 0.3) is 0 Å². The summed E-state index contributed by atoms with van der Waals surface area (Å²) in [5, 5.41) is 3.47. The summed E-state index contributed by atoms with van der Waals surface area (Å²) < 4.78 is 0. The number of hydrogen-bond donors (Lipinski definition) is 1. The molecule has 0 aromatic carbocycles. The van der Waals surface area contributed by atoms with Crippen molar-refractivity contribution in [2.75, 3.05) is 6.54 Å². The van der Waals surface area contributed by atoms with Crippen molar-refractivity contribution in [2.24, 2.45) is 0 Å². The number of nitrogens with zero attached hydrogens (tertiary/aromatic N) is 1. The Bertz CT molecular complexity index is 352. The summed E-state index contributed by atoms with van der Waals surface area (Å²) in [7, 11) is 0. The van der Waals surface area contributed by atoms with Gasteiger partial charge in [0, 0.05) is 6.20 Å². The molecule has 1 atom stereocenters. The van der Waals surface area contributed by atoms with Crippen LogP contribution >= 0.6 is 0 Å². The second-order valence-corrected chi connectivity index (χ2v) is 4.18. The molecule has 1 rings (SSSR count). The molecule has 0 spiro atoms. The van der Waals surface area contributed by atoms with Gasteiger partial charge in [-0.05, 0) is 38.4 Å². The van der Waals surface area contributed by atoms with Crippen LogP contribution in [0, 0.1) is 0 Å². The fourth-order valence-corrected chi connectivity index (χ4v) is 1.82. The molecule has 1 heterocycles. The highest BCUT2D eigenvalue weighted by molar-refractivity contribution is 5.26. The summed E-state index contributed by atoms with van der Waals surface area (Å²) >= 11 is 0. The Balaban J connectivity index is 3.04. The van der Waals surface area contributed by atoms with E-state index in [-0.39, 0.29) is 6.04 Å². The van der Waals surface area contributed by atoms with Gasteiger partial charge in [-0.15, -0.1) is 0 Å². The van der Waals surface area contributed by atoms with E-state index in [1.54, 1.807) is 0 Å². The lowest BCUT2D eigenvalue weighted by molar-refractivity contribution is 0.623. The van der Waals surface area contributed by atoms with Gasteiger partial charge >= 0.3 is 0 Å². The van der Waals surface area contributed by atoms with Gasteiger partial charge in [-0.25, -0.2) is 0 Å². The van der Waals surface area contributed by atoms with Gasteiger partial charge in [-0.1, -0.05) is 31.6 Å². The molecule has 0 aliphatic carbocycles. The van der Waals surface area contributed by atoms with E-state index < -0.39 is 0 Å². The summed E-state index contributed by atoms with van der Waals surface area (Å²) in [6.45, 7) is 9.50. The van der Waals surface area contributed by atoms with Crippen LogP contribution in [0.25, 0.3) is 0 Å². The molecule has 16 heavy (non-hydrogen) atoms. The van der Waals surface area contributed by atoms with Gasteiger partial charge in [0.05, 0.1) is 11.7 Å². The van der Waals surface area contributed by atoms with Crippen LogP contribution < -0.4 is 5.32 Å². The monoisotopic (exact) mass is 218 g/mol. The van der Waals surface area contributed by atoms with E-state index in [2.05, 4.69) is 50.1 Å². The highest BCUT2D eigenvalue weighted by Gasteiger charge is 2.11. The van der Waals surface area contributed by atoms with Crippen LogP contribution in [0.3, 0.4) is 0 Å². The Morgan fingerprint density at radius 2 is 2.19 bits per heavy atom. The van der Waals surface area contributed by atoms with Gasteiger partial charge in [0.2, 0.25) is 0 Å². The van der Waals surface area contributed by atoms with E-state index in [0.29, 0.717) is 0 Å². The predicted molar refractivity (Wildman–Crippen MR) is 69.5 cm³/mol. The number of hydrogen-bond acceptors (Lipinski definition) is 2. The first-order chi connectivity index (χ1) is 7.69. The quantitative estimate of drug-likeness (QED) is 0.767. The van der Waals surface area contributed by atoms with E-state index in [9.17, 15) is 0 Å². The fraction of sp³-hybridized carbons (Fsp3) is 0.500. The highest BCUT2D eigenvalue weighted by Crippen LogP contribution is 2.18. The van der Waals surface area contributed by atoms with E-state index >= 15 is 0 Å².